The molecule has 2 aromatic heterocycles. The number of carbonyl (C=O) groups is 1. The maximum atomic E-state index is 12.0. The van der Waals surface area contributed by atoms with Crippen LogP contribution in [0.25, 0.3) is 5.13 Å². The van der Waals surface area contributed by atoms with Gasteiger partial charge in [-0.3, -0.25) is 4.79 Å². The lowest BCUT2D eigenvalue weighted by Crippen LogP contribution is -2.27. The summed E-state index contributed by atoms with van der Waals surface area (Å²) in [5, 5.41) is 5.74. The Morgan fingerprint density at radius 1 is 1.29 bits per heavy atom. The van der Waals surface area contributed by atoms with Gasteiger partial charge >= 0.3 is 0 Å². The Balaban J connectivity index is 1.47. The van der Waals surface area contributed by atoms with E-state index in [1.54, 1.807) is 7.11 Å². The number of hydrogen-bond acceptors (Lipinski definition) is 4. The van der Waals surface area contributed by atoms with Crippen LogP contribution in [-0.2, 0) is 17.6 Å². The summed E-state index contributed by atoms with van der Waals surface area (Å²) in [6.45, 7) is 0.598. The van der Waals surface area contributed by atoms with E-state index >= 15 is 0 Å². The molecule has 0 bridgehead atoms. The minimum Gasteiger partial charge on any atom is -0.497 e. The minimum atomic E-state index is -0.0118. The molecular weight excluding hydrogens is 322 g/mol. The highest BCUT2D eigenvalue weighted by molar-refractivity contribution is 7.12. The molecule has 2 heterocycles. The van der Waals surface area contributed by atoms with Crippen LogP contribution in [0, 0.1) is 0 Å². The van der Waals surface area contributed by atoms with Gasteiger partial charge in [0.2, 0.25) is 5.91 Å². The fourth-order valence-electron chi connectivity index (χ4n) is 2.36. The van der Waals surface area contributed by atoms with Gasteiger partial charge in [-0.05, 0) is 36.2 Å². The van der Waals surface area contributed by atoms with Gasteiger partial charge in [0.15, 0.2) is 5.13 Å². The van der Waals surface area contributed by atoms with E-state index < -0.39 is 0 Å². The van der Waals surface area contributed by atoms with Crippen molar-refractivity contribution in [2.24, 2.45) is 0 Å². The number of methoxy groups -OCH3 is 1. The van der Waals surface area contributed by atoms with Gasteiger partial charge in [0.1, 0.15) is 5.75 Å². The van der Waals surface area contributed by atoms with Crippen molar-refractivity contribution in [3.63, 3.8) is 0 Å². The third-order valence-electron chi connectivity index (χ3n) is 3.58. The molecule has 24 heavy (non-hydrogen) atoms. The highest BCUT2D eigenvalue weighted by Crippen LogP contribution is 2.15. The molecule has 0 aliphatic heterocycles. The molecule has 1 amide bonds. The van der Waals surface area contributed by atoms with Gasteiger partial charge in [-0.15, -0.1) is 11.3 Å². The lowest BCUT2D eigenvalue weighted by atomic mass is 10.1. The summed E-state index contributed by atoms with van der Waals surface area (Å²) in [5.41, 5.74) is 1.93. The Labute approximate surface area is 144 Å². The second-order valence-electron chi connectivity index (χ2n) is 5.34. The number of carbonyl (C=O) groups excluding carboxylic acids is 1. The van der Waals surface area contributed by atoms with Crippen LogP contribution in [-0.4, -0.2) is 29.1 Å². The molecule has 0 fully saturated rings. The molecule has 0 saturated heterocycles. The van der Waals surface area contributed by atoms with E-state index in [4.69, 9.17) is 4.74 Å². The molecule has 0 spiro atoms. The number of ether oxygens (including phenoxy) is 1. The Kier molecular flexibility index (Phi) is 5.28. The first-order valence-corrected chi connectivity index (χ1v) is 8.60. The van der Waals surface area contributed by atoms with Gasteiger partial charge in [-0.2, -0.15) is 0 Å². The van der Waals surface area contributed by atoms with Crippen LogP contribution in [0.4, 0.5) is 0 Å². The van der Waals surface area contributed by atoms with Crippen LogP contribution in [0.5, 0.6) is 5.75 Å². The van der Waals surface area contributed by atoms with Crippen LogP contribution in [0.15, 0.2) is 54.2 Å². The van der Waals surface area contributed by atoms with Crippen molar-refractivity contribution in [3.8, 4) is 10.9 Å². The van der Waals surface area contributed by atoms with Crippen molar-refractivity contribution in [1.29, 1.82) is 0 Å². The van der Waals surface area contributed by atoms with Crippen molar-refractivity contribution >= 4 is 17.2 Å². The maximum Gasteiger partial charge on any atom is 0.226 e. The topological polar surface area (TPSA) is 56.1 Å². The summed E-state index contributed by atoms with van der Waals surface area (Å²) in [4.78, 5) is 16.5. The summed E-state index contributed by atoms with van der Waals surface area (Å²) in [6.07, 6.45) is 4.96. The summed E-state index contributed by atoms with van der Waals surface area (Å²) in [5.74, 6) is 0.820. The fourth-order valence-corrected chi connectivity index (χ4v) is 3.15. The predicted molar refractivity (Wildman–Crippen MR) is 94.9 cm³/mol. The van der Waals surface area contributed by atoms with Crippen LogP contribution in [0.2, 0.25) is 0 Å². The Morgan fingerprint density at radius 3 is 2.92 bits per heavy atom. The molecule has 3 rings (SSSR count). The second-order valence-corrected chi connectivity index (χ2v) is 6.18. The number of aromatic nitrogens is 2. The first-order valence-electron chi connectivity index (χ1n) is 7.72. The standard InChI is InChI=1S/C18H19N3O2S/c1-23-16-6-4-5-14(11-16)7-8-19-17(22)12-15-13-24-18(20-15)21-9-2-3-10-21/h2-6,9-11,13H,7-8,12H2,1H3,(H,19,22). The zero-order valence-corrected chi connectivity index (χ0v) is 14.3. The van der Waals surface area contributed by atoms with Gasteiger partial charge in [0.25, 0.3) is 0 Å². The predicted octanol–water partition coefficient (Wildman–Crippen LogP) is 2.84. The smallest absolute Gasteiger partial charge is 0.226 e. The zero-order valence-electron chi connectivity index (χ0n) is 13.4. The molecular formula is C18H19N3O2S. The van der Waals surface area contributed by atoms with Crippen LogP contribution in [0.1, 0.15) is 11.3 Å². The second kappa shape index (κ2) is 7.79. The number of thiazole rings is 1. The number of nitrogens with zero attached hydrogens (tertiary/aromatic N) is 2. The van der Waals surface area contributed by atoms with Crippen molar-refractivity contribution in [2.45, 2.75) is 12.8 Å². The lowest BCUT2D eigenvalue weighted by Gasteiger charge is -2.06. The minimum absolute atomic E-state index is 0.0118. The van der Waals surface area contributed by atoms with Crippen molar-refractivity contribution < 1.29 is 9.53 Å². The van der Waals surface area contributed by atoms with Gasteiger partial charge < -0.3 is 14.6 Å². The number of hydrogen-bond donors (Lipinski definition) is 1. The number of nitrogens with one attached hydrogen (secondary N) is 1. The molecule has 0 radical (unpaired) electrons. The fraction of sp³-hybridized carbons (Fsp3) is 0.222. The number of amides is 1. The van der Waals surface area contributed by atoms with Crippen LogP contribution < -0.4 is 10.1 Å². The van der Waals surface area contributed by atoms with Crippen molar-refractivity contribution in [1.82, 2.24) is 14.9 Å². The average Bonchev–Trinajstić information content (AvgIpc) is 3.26. The van der Waals surface area contributed by atoms with E-state index in [1.165, 1.54) is 11.3 Å². The lowest BCUT2D eigenvalue weighted by molar-refractivity contribution is -0.120. The van der Waals surface area contributed by atoms with Gasteiger partial charge in [-0.25, -0.2) is 4.98 Å². The molecule has 124 valence electrons. The SMILES string of the molecule is COc1cccc(CCNC(=O)Cc2csc(-n3cccc3)n2)c1. The van der Waals surface area contributed by atoms with Crippen molar-refractivity contribution in [2.75, 3.05) is 13.7 Å². The van der Waals surface area contributed by atoms with E-state index in [-0.39, 0.29) is 5.91 Å². The largest absolute Gasteiger partial charge is 0.497 e. The first kappa shape index (κ1) is 16.3. The molecule has 5 nitrogen and oxygen atoms in total. The van der Waals surface area contributed by atoms with Gasteiger partial charge in [0.05, 0.1) is 19.2 Å². The summed E-state index contributed by atoms with van der Waals surface area (Å²) < 4.78 is 7.14. The third kappa shape index (κ3) is 4.23. The molecule has 1 N–H and O–H groups in total. The van der Waals surface area contributed by atoms with Gasteiger partial charge in [0, 0.05) is 24.3 Å². The summed E-state index contributed by atoms with van der Waals surface area (Å²) >= 11 is 1.53. The van der Waals surface area contributed by atoms with E-state index in [1.807, 2.05) is 58.7 Å². The quantitative estimate of drug-likeness (QED) is 0.719. The Morgan fingerprint density at radius 2 is 2.12 bits per heavy atom. The molecule has 1 aromatic carbocycles. The van der Waals surface area contributed by atoms with Crippen LogP contribution >= 0.6 is 11.3 Å². The summed E-state index contributed by atoms with van der Waals surface area (Å²) in [6, 6.07) is 11.8. The van der Waals surface area contributed by atoms with Crippen molar-refractivity contribution in [3.05, 3.63) is 65.4 Å². The number of benzene rings is 1. The Hall–Kier alpha value is -2.60. The molecule has 0 unspecified atom stereocenters. The summed E-state index contributed by atoms with van der Waals surface area (Å²) in [7, 11) is 1.65. The third-order valence-corrected chi connectivity index (χ3v) is 4.48. The molecule has 6 heteroatoms. The monoisotopic (exact) mass is 341 g/mol. The van der Waals surface area contributed by atoms with Gasteiger partial charge in [-0.1, -0.05) is 12.1 Å². The van der Waals surface area contributed by atoms with Crippen LogP contribution in [0.3, 0.4) is 0 Å². The van der Waals surface area contributed by atoms with E-state index in [9.17, 15) is 4.79 Å². The highest BCUT2D eigenvalue weighted by Gasteiger charge is 2.08. The Bertz CT molecular complexity index is 796. The number of rotatable bonds is 7. The molecule has 3 aromatic rings. The average molecular weight is 341 g/mol. The van der Waals surface area contributed by atoms with E-state index in [0.29, 0.717) is 13.0 Å². The first-order chi connectivity index (χ1) is 11.7. The molecule has 0 aliphatic carbocycles. The molecule has 0 aliphatic rings. The zero-order chi connectivity index (χ0) is 16.8. The van der Waals surface area contributed by atoms with E-state index in [2.05, 4.69) is 10.3 Å². The highest BCUT2D eigenvalue weighted by atomic mass is 32.1. The molecule has 0 atom stereocenters. The normalized spacial score (nSPS) is 10.5. The molecule has 0 saturated carbocycles. The van der Waals surface area contributed by atoms with E-state index in [0.717, 1.165) is 28.6 Å². The maximum absolute atomic E-state index is 12.0.